The monoisotopic (exact) mass is 377 g/mol. The average molecular weight is 377 g/mol. The van der Waals surface area contributed by atoms with E-state index in [1.165, 1.54) is 22.1 Å². The number of nitrogens with zero attached hydrogens (tertiary/aromatic N) is 3. The summed E-state index contributed by atoms with van der Waals surface area (Å²) < 4.78 is 1.43. The van der Waals surface area contributed by atoms with Crippen molar-refractivity contribution in [2.45, 2.75) is 6.92 Å². The first kappa shape index (κ1) is 16.9. The summed E-state index contributed by atoms with van der Waals surface area (Å²) in [4.78, 5) is 32.4. The fourth-order valence-corrected chi connectivity index (χ4v) is 3.30. The van der Waals surface area contributed by atoms with Crippen LogP contribution in [0.25, 0.3) is 16.5 Å². The first-order valence-electron chi connectivity index (χ1n) is 8.19. The highest BCUT2D eigenvalue weighted by Gasteiger charge is 2.16. The molecule has 0 fully saturated rings. The van der Waals surface area contributed by atoms with Gasteiger partial charge in [0.05, 0.1) is 4.88 Å². The Morgan fingerprint density at radius 1 is 1.15 bits per heavy atom. The van der Waals surface area contributed by atoms with E-state index in [4.69, 9.17) is 0 Å². The Balaban J connectivity index is 1.79. The summed E-state index contributed by atoms with van der Waals surface area (Å²) in [5.74, 6) is 0.386. The van der Waals surface area contributed by atoms with Crippen LogP contribution in [-0.4, -0.2) is 25.7 Å². The maximum atomic E-state index is 12.6. The molecule has 1 aromatic carbocycles. The molecule has 4 rings (SSSR count). The fourth-order valence-electron chi connectivity index (χ4n) is 2.62. The topological polar surface area (TPSA) is 92.7 Å². The zero-order chi connectivity index (χ0) is 18.8. The van der Waals surface area contributed by atoms with Gasteiger partial charge >= 0.3 is 0 Å². The number of anilines is 1. The van der Waals surface area contributed by atoms with Crippen LogP contribution in [0.5, 0.6) is 0 Å². The summed E-state index contributed by atoms with van der Waals surface area (Å²) in [6.07, 6.45) is 0. The number of carbonyl (C=O) groups is 1. The van der Waals surface area contributed by atoms with Crippen molar-refractivity contribution in [2.24, 2.45) is 0 Å². The smallest absolute Gasteiger partial charge is 0.256 e. The zero-order valence-electron chi connectivity index (χ0n) is 14.3. The van der Waals surface area contributed by atoms with Crippen molar-refractivity contribution < 1.29 is 4.79 Å². The summed E-state index contributed by atoms with van der Waals surface area (Å²) >= 11 is 1.53. The van der Waals surface area contributed by atoms with Crippen LogP contribution in [-0.2, 0) is 0 Å². The third-order valence-corrected chi connectivity index (χ3v) is 4.71. The van der Waals surface area contributed by atoms with Gasteiger partial charge in [-0.2, -0.15) is 9.78 Å². The molecule has 27 heavy (non-hydrogen) atoms. The van der Waals surface area contributed by atoms with Crippen molar-refractivity contribution in [3.63, 3.8) is 0 Å². The number of hydrogen-bond acceptors (Lipinski definition) is 5. The molecule has 0 unspecified atom stereocenters. The minimum absolute atomic E-state index is 0.242. The normalized spacial score (nSPS) is 10.7. The standard InChI is InChI=1S/C19H15N5O2S/c1-12-10-17(25)22-19(20-12)24-16(11-14(23-24)15-8-5-9-27-15)21-18(26)13-6-3-2-4-7-13/h2-11H,1H3,(H,21,26)(H,20,22,25). The quantitative estimate of drug-likeness (QED) is 0.571. The van der Waals surface area contributed by atoms with Gasteiger partial charge < -0.3 is 5.32 Å². The molecule has 7 nitrogen and oxygen atoms in total. The van der Waals surface area contributed by atoms with Gasteiger partial charge in [-0.25, -0.2) is 4.98 Å². The van der Waals surface area contributed by atoms with Crippen LogP contribution in [0.4, 0.5) is 5.82 Å². The fraction of sp³-hybridized carbons (Fsp3) is 0.0526. The van der Waals surface area contributed by atoms with Crippen molar-refractivity contribution >= 4 is 23.1 Å². The Kier molecular flexibility index (Phi) is 4.39. The molecule has 1 amide bonds. The number of aromatic nitrogens is 4. The van der Waals surface area contributed by atoms with Crippen LogP contribution in [0.2, 0.25) is 0 Å². The Bertz CT molecular complexity index is 1150. The van der Waals surface area contributed by atoms with Crippen molar-refractivity contribution in [1.82, 2.24) is 19.7 Å². The van der Waals surface area contributed by atoms with Crippen molar-refractivity contribution in [1.29, 1.82) is 0 Å². The molecule has 0 aliphatic heterocycles. The number of amides is 1. The highest BCUT2D eigenvalue weighted by Crippen LogP contribution is 2.27. The second-order valence-electron chi connectivity index (χ2n) is 5.83. The maximum absolute atomic E-state index is 12.6. The zero-order valence-corrected chi connectivity index (χ0v) is 15.2. The lowest BCUT2D eigenvalue weighted by molar-refractivity contribution is 0.102. The first-order chi connectivity index (χ1) is 13.1. The molecule has 0 spiro atoms. The van der Waals surface area contributed by atoms with Crippen LogP contribution < -0.4 is 10.9 Å². The Labute approximate surface area is 158 Å². The summed E-state index contributed by atoms with van der Waals surface area (Å²) in [7, 11) is 0. The predicted octanol–water partition coefficient (Wildman–Crippen LogP) is 3.24. The first-order valence-corrected chi connectivity index (χ1v) is 9.07. The molecular formula is C19H15N5O2S. The van der Waals surface area contributed by atoms with E-state index in [2.05, 4.69) is 20.4 Å². The van der Waals surface area contributed by atoms with Gasteiger partial charge in [-0.05, 0) is 30.5 Å². The summed E-state index contributed by atoms with van der Waals surface area (Å²) in [5.41, 5.74) is 1.47. The minimum atomic E-state index is -0.286. The molecule has 0 bridgehead atoms. The summed E-state index contributed by atoms with van der Waals surface area (Å²) in [6, 6.07) is 15.9. The molecule has 0 saturated carbocycles. The van der Waals surface area contributed by atoms with E-state index in [-0.39, 0.29) is 17.4 Å². The molecule has 0 saturated heterocycles. The molecule has 0 aliphatic carbocycles. The summed E-state index contributed by atoms with van der Waals surface area (Å²) in [5, 5.41) is 9.33. The van der Waals surface area contributed by atoms with Crippen LogP contribution in [0.15, 0.2) is 64.8 Å². The van der Waals surface area contributed by atoms with E-state index in [1.807, 2.05) is 23.6 Å². The number of H-pyrrole nitrogens is 1. The van der Waals surface area contributed by atoms with Gasteiger partial charge in [0.2, 0.25) is 5.95 Å². The summed E-state index contributed by atoms with van der Waals surface area (Å²) in [6.45, 7) is 1.73. The van der Waals surface area contributed by atoms with Crippen molar-refractivity contribution in [2.75, 3.05) is 5.32 Å². The number of carbonyl (C=O) groups excluding carboxylic acids is 1. The largest absolute Gasteiger partial charge is 0.306 e. The number of nitrogens with one attached hydrogen (secondary N) is 2. The van der Waals surface area contributed by atoms with Crippen molar-refractivity contribution in [3.05, 3.63) is 81.6 Å². The SMILES string of the molecule is Cc1cc(=O)[nH]c(-n2nc(-c3cccs3)cc2NC(=O)c2ccccc2)n1. The Morgan fingerprint density at radius 2 is 1.96 bits per heavy atom. The maximum Gasteiger partial charge on any atom is 0.256 e. The van der Waals surface area contributed by atoms with Crippen LogP contribution in [0, 0.1) is 6.92 Å². The molecule has 4 aromatic rings. The van der Waals surface area contributed by atoms with E-state index in [0.29, 0.717) is 22.8 Å². The third kappa shape index (κ3) is 3.56. The average Bonchev–Trinajstić information content (AvgIpc) is 3.31. The van der Waals surface area contributed by atoms with Crippen LogP contribution >= 0.6 is 11.3 Å². The lowest BCUT2D eigenvalue weighted by Crippen LogP contribution is -2.18. The molecule has 8 heteroatoms. The van der Waals surface area contributed by atoms with Gasteiger partial charge in [-0.15, -0.1) is 11.3 Å². The van der Waals surface area contributed by atoms with Crippen molar-refractivity contribution in [3.8, 4) is 16.5 Å². The van der Waals surface area contributed by atoms with Crippen LogP contribution in [0.1, 0.15) is 16.1 Å². The number of thiophene rings is 1. The minimum Gasteiger partial charge on any atom is -0.306 e. The number of rotatable bonds is 4. The van der Waals surface area contributed by atoms with Gasteiger partial charge in [-0.3, -0.25) is 14.6 Å². The molecule has 2 N–H and O–H groups in total. The molecule has 0 atom stereocenters. The van der Waals surface area contributed by atoms with Gasteiger partial charge in [0, 0.05) is 23.4 Å². The molecule has 3 aromatic heterocycles. The molecule has 0 aliphatic rings. The van der Waals surface area contributed by atoms with E-state index in [9.17, 15) is 9.59 Å². The van der Waals surface area contributed by atoms with Gasteiger partial charge in [-0.1, -0.05) is 24.3 Å². The number of aryl methyl sites for hydroxylation is 1. The molecule has 3 heterocycles. The predicted molar refractivity (Wildman–Crippen MR) is 104 cm³/mol. The van der Waals surface area contributed by atoms with E-state index < -0.39 is 0 Å². The van der Waals surface area contributed by atoms with Gasteiger partial charge in [0.25, 0.3) is 11.5 Å². The Hall–Kier alpha value is -3.52. The van der Waals surface area contributed by atoms with Gasteiger partial charge in [0.15, 0.2) is 0 Å². The molecule has 134 valence electrons. The van der Waals surface area contributed by atoms with E-state index in [0.717, 1.165) is 4.88 Å². The number of hydrogen-bond donors (Lipinski definition) is 2. The second-order valence-corrected chi connectivity index (χ2v) is 6.78. The third-order valence-electron chi connectivity index (χ3n) is 3.82. The number of benzene rings is 1. The molecular weight excluding hydrogens is 362 g/mol. The van der Waals surface area contributed by atoms with E-state index >= 15 is 0 Å². The second kappa shape index (κ2) is 7.00. The number of aromatic amines is 1. The highest BCUT2D eigenvalue weighted by molar-refractivity contribution is 7.13. The molecule has 0 radical (unpaired) electrons. The van der Waals surface area contributed by atoms with E-state index in [1.54, 1.807) is 37.3 Å². The van der Waals surface area contributed by atoms with Crippen LogP contribution in [0.3, 0.4) is 0 Å². The lowest BCUT2D eigenvalue weighted by atomic mass is 10.2. The lowest BCUT2D eigenvalue weighted by Gasteiger charge is -2.08. The van der Waals surface area contributed by atoms with Gasteiger partial charge in [0.1, 0.15) is 11.5 Å². The highest BCUT2D eigenvalue weighted by atomic mass is 32.1. The Morgan fingerprint density at radius 3 is 2.67 bits per heavy atom.